The number of aryl methyl sites for hydroxylation is 3. The maximum absolute atomic E-state index is 11.9. The molecule has 1 atom stereocenters. The van der Waals surface area contributed by atoms with Crippen LogP contribution in [0.5, 0.6) is 5.75 Å². The van der Waals surface area contributed by atoms with E-state index in [1.165, 1.54) is 18.4 Å². The van der Waals surface area contributed by atoms with E-state index in [4.69, 9.17) is 4.74 Å². The molecule has 0 bridgehead atoms. The van der Waals surface area contributed by atoms with E-state index in [0.29, 0.717) is 5.92 Å². The Morgan fingerprint density at radius 3 is 2.67 bits per heavy atom. The summed E-state index contributed by atoms with van der Waals surface area (Å²) in [5.41, 5.74) is 3.38. The second kappa shape index (κ2) is 7.46. The van der Waals surface area contributed by atoms with Crippen molar-refractivity contribution in [3.05, 3.63) is 28.8 Å². The molecule has 1 amide bonds. The largest absolute Gasteiger partial charge is 0.483 e. The van der Waals surface area contributed by atoms with Crippen LogP contribution in [0.4, 0.5) is 0 Å². The third-order valence-electron chi connectivity index (χ3n) is 3.94. The van der Waals surface area contributed by atoms with Crippen LogP contribution in [-0.4, -0.2) is 32.1 Å². The molecule has 1 heterocycles. The number of ether oxygens (including phenoxy) is 1. The molecule has 0 spiro atoms. The fraction of sp³-hybridized carbons (Fsp3) is 0.588. The van der Waals surface area contributed by atoms with E-state index in [0.717, 1.165) is 36.5 Å². The first-order chi connectivity index (χ1) is 10.1. The third kappa shape index (κ3) is 4.74. The smallest absolute Gasteiger partial charge is 0.257 e. The minimum atomic E-state index is -0.0417. The van der Waals surface area contributed by atoms with Gasteiger partial charge in [0.05, 0.1) is 0 Å². The SMILES string of the molecule is Cc1cc(C)c(OCC(=O)NCC2CCCNC2)c(C)c1. The summed E-state index contributed by atoms with van der Waals surface area (Å²) in [6, 6.07) is 4.15. The zero-order chi connectivity index (χ0) is 15.2. The van der Waals surface area contributed by atoms with Crippen molar-refractivity contribution in [3.63, 3.8) is 0 Å². The van der Waals surface area contributed by atoms with Crippen LogP contribution < -0.4 is 15.4 Å². The molecule has 1 unspecified atom stereocenters. The Hall–Kier alpha value is -1.55. The zero-order valence-electron chi connectivity index (χ0n) is 13.3. The predicted molar refractivity (Wildman–Crippen MR) is 84.8 cm³/mol. The van der Waals surface area contributed by atoms with E-state index in [9.17, 15) is 4.79 Å². The molecule has 4 nitrogen and oxygen atoms in total. The van der Waals surface area contributed by atoms with Crippen molar-refractivity contribution in [1.29, 1.82) is 0 Å². The summed E-state index contributed by atoms with van der Waals surface area (Å²) < 4.78 is 5.70. The molecule has 1 saturated heterocycles. The highest BCUT2D eigenvalue weighted by atomic mass is 16.5. The monoisotopic (exact) mass is 290 g/mol. The van der Waals surface area contributed by atoms with Gasteiger partial charge in [-0.3, -0.25) is 4.79 Å². The van der Waals surface area contributed by atoms with Crippen LogP contribution in [0.2, 0.25) is 0 Å². The molecular formula is C17H26N2O2. The highest BCUT2D eigenvalue weighted by Gasteiger charge is 2.14. The molecule has 116 valence electrons. The summed E-state index contributed by atoms with van der Waals surface area (Å²) in [4.78, 5) is 11.9. The molecule has 1 aromatic rings. The van der Waals surface area contributed by atoms with Gasteiger partial charge in [0, 0.05) is 6.54 Å². The van der Waals surface area contributed by atoms with Crippen molar-refractivity contribution in [3.8, 4) is 5.75 Å². The van der Waals surface area contributed by atoms with Gasteiger partial charge in [-0.25, -0.2) is 0 Å². The molecule has 1 fully saturated rings. The Bertz CT molecular complexity index is 471. The quantitative estimate of drug-likeness (QED) is 0.873. The minimum absolute atomic E-state index is 0.0417. The van der Waals surface area contributed by atoms with E-state index in [1.54, 1.807) is 0 Å². The molecule has 1 aliphatic rings. The maximum Gasteiger partial charge on any atom is 0.257 e. The third-order valence-corrected chi connectivity index (χ3v) is 3.94. The van der Waals surface area contributed by atoms with Gasteiger partial charge in [-0.1, -0.05) is 17.7 Å². The first-order valence-electron chi connectivity index (χ1n) is 7.74. The van der Waals surface area contributed by atoms with Gasteiger partial charge in [0.2, 0.25) is 0 Å². The summed E-state index contributed by atoms with van der Waals surface area (Å²) in [6.45, 7) is 9.01. The zero-order valence-corrected chi connectivity index (χ0v) is 13.3. The van der Waals surface area contributed by atoms with Crippen LogP contribution in [0, 0.1) is 26.7 Å². The lowest BCUT2D eigenvalue weighted by Crippen LogP contribution is -2.39. The second-order valence-corrected chi connectivity index (χ2v) is 6.03. The van der Waals surface area contributed by atoms with Gasteiger partial charge in [-0.2, -0.15) is 0 Å². The summed E-state index contributed by atoms with van der Waals surface area (Å²) in [5.74, 6) is 1.33. The van der Waals surface area contributed by atoms with Crippen LogP contribution in [0.3, 0.4) is 0 Å². The standard InChI is InChI=1S/C17H26N2O2/c1-12-7-13(2)17(14(3)8-12)21-11-16(20)19-10-15-5-4-6-18-9-15/h7-8,15,18H,4-6,9-11H2,1-3H3,(H,19,20). The van der Waals surface area contributed by atoms with Gasteiger partial charge in [0.15, 0.2) is 6.61 Å². The lowest BCUT2D eigenvalue weighted by atomic mass is 10.00. The summed E-state index contributed by atoms with van der Waals surface area (Å²) in [5, 5.41) is 6.32. The van der Waals surface area contributed by atoms with Gasteiger partial charge in [0.1, 0.15) is 5.75 Å². The number of hydrogen-bond donors (Lipinski definition) is 2. The van der Waals surface area contributed by atoms with Crippen molar-refractivity contribution >= 4 is 5.91 Å². The highest BCUT2D eigenvalue weighted by Crippen LogP contribution is 2.24. The van der Waals surface area contributed by atoms with Gasteiger partial charge in [-0.05, 0) is 63.7 Å². The van der Waals surface area contributed by atoms with Crippen molar-refractivity contribution < 1.29 is 9.53 Å². The van der Waals surface area contributed by atoms with Crippen molar-refractivity contribution in [2.24, 2.45) is 5.92 Å². The molecule has 2 rings (SSSR count). The molecule has 0 aliphatic carbocycles. The van der Waals surface area contributed by atoms with Crippen LogP contribution in [-0.2, 0) is 4.79 Å². The normalized spacial score (nSPS) is 18.3. The average molecular weight is 290 g/mol. The molecule has 0 aromatic heterocycles. The molecule has 1 aromatic carbocycles. The Kier molecular flexibility index (Phi) is 5.62. The number of carbonyl (C=O) groups is 1. The lowest BCUT2D eigenvalue weighted by Gasteiger charge is -2.23. The average Bonchev–Trinajstić information content (AvgIpc) is 2.45. The fourth-order valence-electron chi connectivity index (χ4n) is 2.94. The maximum atomic E-state index is 11.9. The predicted octanol–water partition coefficient (Wildman–Crippen LogP) is 2.11. The number of hydrogen-bond acceptors (Lipinski definition) is 3. The molecule has 2 N–H and O–H groups in total. The minimum Gasteiger partial charge on any atom is -0.483 e. The van der Waals surface area contributed by atoms with E-state index < -0.39 is 0 Å². The van der Waals surface area contributed by atoms with E-state index >= 15 is 0 Å². The Morgan fingerprint density at radius 2 is 2.05 bits per heavy atom. The van der Waals surface area contributed by atoms with E-state index in [1.807, 2.05) is 13.8 Å². The number of benzene rings is 1. The van der Waals surface area contributed by atoms with Gasteiger partial charge in [-0.15, -0.1) is 0 Å². The van der Waals surface area contributed by atoms with E-state index in [2.05, 4.69) is 29.7 Å². The Balaban J connectivity index is 1.78. The summed E-state index contributed by atoms with van der Waals surface area (Å²) >= 11 is 0. The van der Waals surface area contributed by atoms with Crippen LogP contribution in [0.15, 0.2) is 12.1 Å². The summed E-state index contributed by atoms with van der Waals surface area (Å²) in [7, 11) is 0. The van der Waals surface area contributed by atoms with Crippen LogP contribution >= 0.6 is 0 Å². The van der Waals surface area contributed by atoms with E-state index in [-0.39, 0.29) is 12.5 Å². The second-order valence-electron chi connectivity index (χ2n) is 6.03. The van der Waals surface area contributed by atoms with Gasteiger partial charge < -0.3 is 15.4 Å². The fourth-order valence-corrected chi connectivity index (χ4v) is 2.94. The van der Waals surface area contributed by atoms with Crippen molar-refractivity contribution in [1.82, 2.24) is 10.6 Å². The topological polar surface area (TPSA) is 50.4 Å². The van der Waals surface area contributed by atoms with Crippen molar-refractivity contribution in [2.75, 3.05) is 26.2 Å². The lowest BCUT2D eigenvalue weighted by molar-refractivity contribution is -0.123. The first-order valence-corrected chi connectivity index (χ1v) is 7.74. The number of piperidine rings is 1. The highest BCUT2D eigenvalue weighted by molar-refractivity contribution is 5.77. The number of amides is 1. The van der Waals surface area contributed by atoms with Gasteiger partial charge in [0.25, 0.3) is 5.91 Å². The molecule has 0 radical (unpaired) electrons. The number of rotatable bonds is 5. The van der Waals surface area contributed by atoms with Crippen molar-refractivity contribution in [2.45, 2.75) is 33.6 Å². The van der Waals surface area contributed by atoms with Crippen LogP contribution in [0.25, 0.3) is 0 Å². The molecule has 4 heteroatoms. The Morgan fingerprint density at radius 1 is 1.33 bits per heavy atom. The molecule has 1 aliphatic heterocycles. The molecule has 0 saturated carbocycles. The number of carbonyl (C=O) groups excluding carboxylic acids is 1. The molecular weight excluding hydrogens is 264 g/mol. The molecule has 21 heavy (non-hydrogen) atoms. The van der Waals surface area contributed by atoms with Crippen LogP contribution in [0.1, 0.15) is 29.5 Å². The summed E-state index contributed by atoms with van der Waals surface area (Å²) in [6.07, 6.45) is 2.38. The Labute approximate surface area is 127 Å². The number of nitrogens with one attached hydrogen (secondary N) is 2. The van der Waals surface area contributed by atoms with Gasteiger partial charge >= 0.3 is 0 Å². The first kappa shape index (κ1) is 15.8.